The average Bonchev–Trinajstić information content (AvgIpc) is 2.36. The third kappa shape index (κ3) is 10.8. The molecule has 0 fully saturated rings. The van der Waals surface area contributed by atoms with Crippen LogP contribution in [0.15, 0.2) is 12.1 Å². The number of phenols is 1. The van der Waals surface area contributed by atoms with E-state index in [1.54, 1.807) is 6.92 Å². The van der Waals surface area contributed by atoms with Crippen molar-refractivity contribution in [1.29, 1.82) is 0 Å². The highest BCUT2D eigenvalue weighted by Crippen LogP contribution is 2.23. The van der Waals surface area contributed by atoms with Crippen molar-refractivity contribution in [3.63, 3.8) is 0 Å². The fourth-order valence-electron chi connectivity index (χ4n) is 1.18. The van der Waals surface area contributed by atoms with E-state index in [9.17, 15) is 4.39 Å². The molecule has 0 spiro atoms. The van der Waals surface area contributed by atoms with Crippen molar-refractivity contribution in [3.8, 4) is 5.75 Å². The molecular weight excluding hydrogens is 265 g/mol. The number of hydrogen-bond donors (Lipinski definition) is 1. The first-order valence-corrected chi connectivity index (χ1v) is 7.05. The fraction of sp³-hybridized carbons (Fsp3) is 0.600. The Bertz CT molecular complexity index is 320. The van der Waals surface area contributed by atoms with Crippen LogP contribution in [0.3, 0.4) is 0 Å². The molecule has 4 heteroatoms. The molecule has 112 valence electrons. The molecule has 0 bridgehead atoms. The van der Waals surface area contributed by atoms with Crippen molar-refractivity contribution in [2.75, 3.05) is 20.6 Å². The van der Waals surface area contributed by atoms with Gasteiger partial charge < -0.3 is 10.0 Å². The SMILES string of the molecule is CC.CCCCN(C)C.Cc1cc(O)cc(F)c1Cl. The molecule has 0 aliphatic rings. The second-order valence-electron chi connectivity index (χ2n) is 4.22. The lowest BCUT2D eigenvalue weighted by atomic mass is 10.2. The largest absolute Gasteiger partial charge is 0.508 e. The quantitative estimate of drug-likeness (QED) is 0.859. The van der Waals surface area contributed by atoms with Crippen molar-refractivity contribution < 1.29 is 9.50 Å². The van der Waals surface area contributed by atoms with Gasteiger partial charge in [0.05, 0.1) is 5.02 Å². The first-order valence-electron chi connectivity index (χ1n) is 6.67. The summed E-state index contributed by atoms with van der Waals surface area (Å²) in [5, 5.41) is 8.89. The van der Waals surface area contributed by atoms with Gasteiger partial charge >= 0.3 is 0 Å². The van der Waals surface area contributed by atoms with Gasteiger partial charge in [0, 0.05) is 6.07 Å². The Balaban J connectivity index is 0. The summed E-state index contributed by atoms with van der Waals surface area (Å²) in [4.78, 5) is 2.21. The van der Waals surface area contributed by atoms with E-state index in [2.05, 4.69) is 25.9 Å². The van der Waals surface area contributed by atoms with Gasteiger partial charge in [-0.1, -0.05) is 38.8 Å². The lowest BCUT2D eigenvalue weighted by Gasteiger charge is -2.05. The fourth-order valence-corrected chi connectivity index (χ4v) is 1.29. The number of phenolic OH excluding ortho intramolecular Hbond substituents is 1. The number of aryl methyl sites for hydroxylation is 1. The Morgan fingerprint density at radius 2 is 1.79 bits per heavy atom. The minimum Gasteiger partial charge on any atom is -0.508 e. The zero-order chi connectivity index (χ0) is 15.4. The van der Waals surface area contributed by atoms with Gasteiger partial charge in [-0.3, -0.25) is 0 Å². The van der Waals surface area contributed by atoms with Crippen LogP contribution in [-0.2, 0) is 0 Å². The topological polar surface area (TPSA) is 23.5 Å². The summed E-state index contributed by atoms with van der Waals surface area (Å²) in [6.07, 6.45) is 2.63. The standard InChI is InChI=1S/C7H6ClFO.C6H15N.C2H6/c1-4-2-5(10)3-6(9)7(4)8;1-4-5-6-7(2)3;1-2/h2-3,10H,1H3;4-6H2,1-3H3;1-2H3. The van der Waals surface area contributed by atoms with E-state index in [4.69, 9.17) is 16.7 Å². The molecule has 19 heavy (non-hydrogen) atoms. The highest BCUT2D eigenvalue weighted by molar-refractivity contribution is 6.31. The summed E-state index contributed by atoms with van der Waals surface area (Å²) in [5.74, 6) is -0.682. The van der Waals surface area contributed by atoms with Gasteiger partial charge in [-0.15, -0.1) is 0 Å². The molecule has 0 saturated heterocycles. The van der Waals surface area contributed by atoms with E-state index in [-0.39, 0.29) is 10.8 Å². The molecule has 0 aliphatic carbocycles. The normalized spacial score (nSPS) is 9.32. The van der Waals surface area contributed by atoms with E-state index in [0.29, 0.717) is 5.56 Å². The van der Waals surface area contributed by atoms with E-state index in [0.717, 1.165) is 6.07 Å². The Hall–Kier alpha value is -0.800. The maximum Gasteiger partial charge on any atom is 0.145 e. The van der Waals surface area contributed by atoms with Crippen LogP contribution in [-0.4, -0.2) is 30.6 Å². The lowest BCUT2D eigenvalue weighted by Crippen LogP contribution is -2.12. The molecule has 1 rings (SSSR count). The van der Waals surface area contributed by atoms with Crippen LogP contribution in [0.5, 0.6) is 5.75 Å². The minimum atomic E-state index is -0.584. The summed E-state index contributed by atoms with van der Waals surface area (Å²) >= 11 is 5.46. The van der Waals surface area contributed by atoms with Gasteiger partial charge in [-0.2, -0.15) is 0 Å². The zero-order valence-corrected chi connectivity index (χ0v) is 13.7. The molecule has 0 unspecified atom stereocenters. The monoisotopic (exact) mass is 291 g/mol. The van der Waals surface area contributed by atoms with Crippen molar-refractivity contribution in [2.45, 2.75) is 40.5 Å². The van der Waals surface area contributed by atoms with Crippen LogP contribution >= 0.6 is 11.6 Å². The highest BCUT2D eigenvalue weighted by atomic mass is 35.5. The van der Waals surface area contributed by atoms with E-state index in [1.807, 2.05) is 13.8 Å². The summed E-state index contributed by atoms with van der Waals surface area (Å²) in [7, 11) is 4.21. The Labute approximate surface area is 122 Å². The number of benzene rings is 1. The minimum absolute atomic E-state index is 0.0674. The smallest absolute Gasteiger partial charge is 0.145 e. The Morgan fingerprint density at radius 1 is 1.26 bits per heavy atom. The van der Waals surface area contributed by atoms with Crippen LogP contribution in [0.4, 0.5) is 4.39 Å². The molecule has 2 nitrogen and oxygen atoms in total. The lowest BCUT2D eigenvalue weighted by molar-refractivity contribution is 0.398. The zero-order valence-electron chi connectivity index (χ0n) is 12.9. The molecule has 0 aliphatic heterocycles. The second kappa shape index (κ2) is 12.2. The first kappa shape index (κ1) is 20.5. The van der Waals surface area contributed by atoms with Crippen molar-refractivity contribution in [3.05, 3.63) is 28.5 Å². The van der Waals surface area contributed by atoms with E-state index in [1.165, 1.54) is 25.5 Å². The summed E-state index contributed by atoms with van der Waals surface area (Å²) < 4.78 is 12.5. The summed E-state index contributed by atoms with van der Waals surface area (Å²) in [5.41, 5.74) is 0.541. The van der Waals surface area contributed by atoms with Crippen molar-refractivity contribution in [2.24, 2.45) is 0 Å². The molecule has 1 aromatic rings. The number of rotatable bonds is 3. The summed E-state index contributed by atoms with van der Waals surface area (Å²) in [6, 6.07) is 2.39. The molecular formula is C15H27ClFNO. The van der Waals surface area contributed by atoms with Crippen LogP contribution in [0.1, 0.15) is 39.2 Å². The van der Waals surface area contributed by atoms with Gasteiger partial charge in [-0.25, -0.2) is 4.39 Å². The molecule has 0 heterocycles. The van der Waals surface area contributed by atoms with Crippen LogP contribution in [0, 0.1) is 12.7 Å². The molecule has 1 N–H and O–H groups in total. The molecule has 0 aromatic heterocycles. The van der Waals surface area contributed by atoms with Crippen molar-refractivity contribution in [1.82, 2.24) is 4.90 Å². The predicted molar refractivity (Wildman–Crippen MR) is 82.6 cm³/mol. The van der Waals surface area contributed by atoms with Gasteiger partial charge in [0.1, 0.15) is 11.6 Å². The molecule has 0 radical (unpaired) electrons. The number of halogens is 2. The van der Waals surface area contributed by atoms with Crippen LogP contribution in [0.25, 0.3) is 0 Å². The number of nitrogens with zero attached hydrogens (tertiary/aromatic N) is 1. The maximum absolute atomic E-state index is 12.5. The van der Waals surface area contributed by atoms with Gasteiger partial charge in [0.25, 0.3) is 0 Å². The van der Waals surface area contributed by atoms with Crippen molar-refractivity contribution >= 4 is 11.6 Å². The van der Waals surface area contributed by atoms with Crippen LogP contribution < -0.4 is 0 Å². The Kier molecular flexibility index (Phi) is 13.2. The predicted octanol–water partition coefficient (Wildman–Crippen LogP) is 4.87. The number of hydrogen-bond acceptors (Lipinski definition) is 2. The highest BCUT2D eigenvalue weighted by Gasteiger charge is 2.03. The van der Waals surface area contributed by atoms with E-state index >= 15 is 0 Å². The van der Waals surface area contributed by atoms with E-state index < -0.39 is 5.82 Å². The number of aromatic hydroxyl groups is 1. The molecule has 0 amide bonds. The molecule has 1 aromatic carbocycles. The average molecular weight is 292 g/mol. The first-order chi connectivity index (χ1) is 8.88. The molecule has 0 saturated carbocycles. The number of unbranched alkanes of at least 4 members (excludes halogenated alkanes) is 1. The molecule has 0 atom stereocenters. The third-order valence-electron chi connectivity index (χ3n) is 2.15. The van der Waals surface area contributed by atoms with Gasteiger partial charge in [0.2, 0.25) is 0 Å². The summed E-state index contributed by atoms with van der Waals surface area (Å²) in [6.45, 7) is 9.07. The third-order valence-corrected chi connectivity index (χ3v) is 2.63. The Morgan fingerprint density at radius 3 is 2.11 bits per heavy atom. The van der Waals surface area contributed by atoms with Gasteiger partial charge in [0.15, 0.2) is 0 Å². The van der Waals surface area contributed by atoms with Crippen LogP contribution in [0.2, 0.25) is 5.02 Å². The van der Waals surface area contributed by atoms with Gasteiger partial charge in [-0.05, 0) is 45.6 Å². The second-order valence-corrected chi connectivity index (χ2v) is 4.59. The maximum atomic E-state index is 12.5.